The number of fused-ring (bicyclic) bond motifs is 1. The molecule has 0 fully saturated rings. The molecule has 3 heterocycles. The molecule has 102 valence electrons. The van der Waals surface area contributed by atoms with Gasteiger partial charge >= 0.3 is 6.18 Å². The molecule has 20 heavy (non-hydrogen) atoms. The van der Waals surface area contributed by atoms with Crippen LogP contribution in [0.3, 0.4) is 0 Å². The molecule has 0 saturated heterocycles. The molecule has 0 N–H and O–H groups in total. The number of hydrogen-bond acceptors (Lipinski definition) is 3. The maximum Gasteiger partial charge on any atom is 0.434 e. The molecule has 0 aromatic carbocycles. The highest BCUT2D eigenvalue weighted by Crippen LogP contribution is 2.28. The maximum atomic E-state index is 12.7. The van der Waals surface area contributed by atoms with Crippen molar-refractivity contribution in [3.05, 3.63) is 47.1 Å². The predicted octanol–water partition coefficient (Wildman–Crippen LogP) is 3.57. The lowest BCUT2D eigenvalue weighted by Crippen LogP contribution is -2.09. The molecule has 0 bridgehead atoms. The number of hydrogen-bond donors (Lipinski definition) is 0. The van der Waals surface area contributed by atoms with E-state index in [9.17, 15) is 13.2 Å². The van der Waals surface area contributed by atoms with E-state index in [2.05, 4.69) is 30.9 Å². The lowest BCUT2D eigenvalue weighted by atomic mass is 10.3. The minimum atomic E-state index is -4.50. The van der Waals surface area contributed by atoms with E-state index in [1.165, 1.54) is 10.6 Å². The molecule has 0 amide bonds. The molecule has 0 aliphatic carbocycles. The third kappa shape index (κ3) is 2.26. The fraction of sp³-hybridized carbons (Fsp3) is 0.0833. The summed E-state index contributed by atoms with van der Waals surface area (Å²) < 4.78 is 40.0. The molecule has 0 aliphatic heterocycles. The number of aromatic nitrogens is 4. The van der Waals surface area contributed by atoms with Crippen LogP contribution in [0, 0.1) is 0 Å². The highest BCUT2D eigenvalue weighted by Gasteiger charge is 2.33. The summed E-state index contributed by atoms with van der Waals surface area (Å²) in [5, 5.41) is 0. The van der Waals surface area contributed by atoms with Crippen LogP contribution in [0.5, 0.6) is 0 Å². The zero-order chi connectivity index (χ0) is 14.3. The van der Waals surface area contributed by atoms with Gasteiger partial charge in [-0.1, -0.05) is 6.07 Å². The summed E-state index contributed by atoms with van der Waals surface area (Å²) in [6.45, 7) is 0. The molecule has 3 aromatic heterocycles. The largest absolute Gasteiger partial charge is 0.434 e. The molecule has 4 nitrogen and oxygen atoms in total. The first kappa shape index (κ1) is 13.0. The van der Waals surface area contributed by atoms with E-state index < -0.39 is 11.9 Å². The molecule has 3 aromatic rings. The lowest BCUT2D eigenvalue weighted by molar-refractivity contribution is -0.141. The molecule has 0 radical (unpaired) electrons. The summed E-state index contributed by atoms with van der Waals surface area (Å²) in [6, 6.07) is 5.18. The van der Waals surface area contributed by atoms with Gasteiger partial charge in [-0.2, -0.15) is 13.2 Å². The SMILES string of the molecule is FC(F)(F)c1cn2c(-c3cccc(Br)n3)cnc2cn1. The van der Waals surface area contributed by atoms with Crippen molar-refractivity contribution >= 4 is 21.6 Å². The summed E-state index contributed by atoms with van der Waals surface area (Å²) >= 11 is 3.22. The van der Waals surface area contributed by atoms with Gasteiger partial charge in [0, 0.05) is 6.20 Å². The molecule has 0 saturated carbocycles. The predicted molar refractivity (Wildman–Crippen MR) is 68.9 cm³/mol. The Labute approximate surface area is 119 Å². The van der Waals surface area contributed by atoms with Crippen LogP contribution < -0.4 is 0 Å². The number of alkyl halides is 3. The Morgan fingerprint density at radius 2 is 1.90 bits per heavy atom. The standard InChI is InChI=1S/C12H6BrF3N4/c13-10-3-1-2-7(19-10)8-4-18-11-5-17-9(6-20(8)11)12(14,15)16/h1-6H. The Balaban J connectivity index is 2.22. The van der Waals surface area contributed by atoms with Crippen molar-refractivity contribution < 1.29 is 13.2 Å². The molecule has 0 aliphatic rings. The van der Waals surface area contributed by atoms with Gasteiger partial charge in [-0.15, -0.1) is 0 Å². The first-order valence-corrected chi connectivity index (χ1v) is 6.28. The zero-order valence-electron chi connectivity index (χ0n) is 9.76. The van der Waals surface area contributed by atoms with Crippen LogP contribution in [-0.2, 0) is 6.18 Å². The Morgan fingerprint density at radius 1 is 1.10 bits per heavy atom. The van der Waals surface area contributed by atoms with Crippen molar-refractivity contribution in [1.29, 1.82) is 0 Å². The van der Waals surface area contributed by atoms with Crippen molar-refractivity contribution in [3.63, 3.8) is 0 Å². The third-order valence-corrected chi connectivity index (χ3v) is 3.11. The van der Waals surface area contributed by atoms with Gasteiger partial charge in [-0.25, -0.2) is 15.0 Å². The molecule has 0 spiro atoms. The summed E-state index contributed by atoms with van der Waals surface area (Å²) in [5.41, 5.74) is 0.342. The Bertz CT molecular complexity index is 782. The van der Waals surface area contributed by atoms with Gasteiger partial charge in [-0.05, 0) is 28.1 Å². The lowest BCUT2D eigenvalue weighted by Gasteiger charge is -2.07. The minimum absolute atomic E-state index is 0.328. The van der Waals surface area contributed by atoms with E-state index in [4.69, 9.17) is 0 Å². The van der Waals surface area contributed by atoms with Crippen LogP contribution in [-0.4, -0.2) is 19.4 Å². The van der Waals surface area contributed by atoms with Gasteiger partial charge < -0.3 is 0 Å². The number of nitrogens with zero attached hydrogens (tertiary/aromatic N) is 4. The quantitative estimate of drug-likeness (QED) is 0.635. The van der Waals surface area contributed by atoms with Gasteiger partial charge in [0.05, 0.1) is 23.8 Å². The van der Waals surface area contributed by atoms with E-state index in [0.29, 0.717) is 21.6 Å². The first-order valence-electron chi connectivity index (χ1n) is 5.48. The van der Waals surface area contributed by atoms with Crippen LogP contribution in [0.15, 0.2) is 41.4 Å². The third-order valence-electron chi connectivity index (χ3n) is 2.66. The van der Waals surface area contributed by atoms with Crippen LogP contribution in [0.1, 0.15) is 5.69 Å². The molecular weight excluding hydrogens is 337 g/mol. The normalized spacial score (nSPS) is 12.0. The fourth-order valence-corrected chi connectivity index (χ4v) is 2.12. The van der Waals surface area contributed by atoms with E-state index in [-0.39, 0.29) is 0 Å². The van der Waals surface area contributed by atoms with Crippen molar-refractivity contribution in [2.75, 3.05) is 0 Å². The minimum Gasteiger partial charge on any atom is -0.295 e. The summed E-state index contributed by atoms with van der Waals surface area (Å²) in [5.74, 6) is 0. The van der Waals surface area contributed by atoms with Gasteiger partial charge in [0.15, 0.2) is 11.3 Å². The molecule has 0 unspecified atom stereocenters. The Kier molecular flexibility index (Phi) is 2.97. The summed E-state index contributed by atoms with van der Waals surface area (Å²) in [7, 11) is 0. The molecule has 3 rings (SSSR count). The van der Waals surface area contributed by atoms with Crippen molar-refractivity contribution in [2.24, 2.45) is 0 Å². The second-order valence-electron chi connectivity index (χ2n) is 3.99. The maximum absolute atomic E-state index is 12.7. The first-order chi connectivity index (χ1) is 9.45. The van der Waals surface area contributed by atoms with Gasteiger partial charge in [0.25, 0.3) is 0 Å². The number of rotatable bonds is 1. The number of halogens is 4. The van der Waals surface area contributed by atoms with Gasteiger partial charge in [0.2, 0.25) is 0 Å². The fourth-order valence-electron chi connectivity index (χ4n) is 1.78. The van der Waals surface area contributed by atoms with Crippen LogP contribution in [0.25, 0.3) is 17.0 Å². The van der Waals surface area contributed by atoms with E-state index in [1.807, 2.05) is 0 Å². The zero-order valence-corrected chi connectivity index (χ0v) is 11.4. The van der Waals surface area contributed by atoms with Crippen molar-refractivity contribution in [1.82, 2.24) is 19.4 Å². The van der Waals surface area contributed by atoms with Crippen LogP contribution in [0.2, 0.25) is 0 Å². The van der Waals surface area contributed by atoms with E-state index >= 15 is 0 Å². The summed E-state index contributed by atoms with van der Waals surface area (Å²) in [6.07, 6.45) is -1.03. The van der Waals surface area contributed by atoms with Crippen LogP contribution in [0.4, 0.5) is 13.2 Å². The molecular formula is C12H6BrF3N4. The van der Waals surface area contributed by atoms with Gasteiger partial charge in [-0.3, -0.25) is 4.40 Å². The molecule has 8 heteroatoms. The monoisotopic (exact) mass is 342 g/mol. The number of pyridine rings is 1. The van der Waals surface area contributed by atoms with Crippen molar-refractivity contribution in [2.45, 2.75) is 6.18 Å². The highest BCUT2D eigenvalue weighted by atomic mass is 79.9. The summed E-state index contributed by atoms with van der Waals surface area (Å²) in [4.78, 5) is 11.6. The van der Waals surface area contributed by atoms with E-state index in [0.717, 1.165) is 12.4 Å². The Morgan fingerprint density at radius 3 is 2.60 bits per heavy atom. The highest BCUT2D eigenvalue weighted by molar-refractivity contribution is 9.10. The second-order valence-corrected chi connectivity index (χ2v) is 4.80. The topological polar surface area (TPSA) is 43.1 Å². The smallest absolute Gasteiger partial charge is 0.295 e. The van der Waals surface area contributed by atoms with Crippen molar-refractivity contribution in [3.8, 4) is 11.4 Å². The molecule has 0 atom stereocenters. The average molecular weight is 343 g/mol. The van der Waals surface area contributed by atoms with Crippen LogP contribution >= 0.6 is 15.9 Å². The second kappa shape index (κ2) is 4.55. The average Bonchev–Trinajstić information content (AvgIpc) is 2.80. The Hall–Kier alpha value is -1.96. The van der Waals surface area contributed by atoms with E-state index in [1.54, 1.807) is 18.2 Å². The van der Waals surface area contributed by atoms with Gasteiger partial charge in [0.1, 0.15) is 4.60 Å². The number of imidazole rings is 1.